The van der Waals surface area contributed by atoms with Crippen molar-refractivity contribution in [3.63, 3.8) is 0 Å². The molecule has 0 fully saturated rings. The third kappa shape index (κ3) is 4.37. The smallest absolute Gasteiger partial charge is 0.0663 e. The summed E-state index contributed by atoms with van der Waals surface area (Å²) in [5, 5.41) is 0.790. The number of nitrogens with two attached hydrogens (primary N) is 1. The van der Waals surface area contributed by atoms with Gasteiger partial charge in [0.25, 0.3) is 0 Å². The Hall–Kier alpha value is -0.770. The molecule has 108 valence electrons. The van der Waals surface area contributed by atoms with Crippen LogP contribution >= 0.6 is 11.6 Å². The van der Waals surface area contributed by atoms with Crippen LogP contribution in [-0.4, -0.2) is 32.3 Å². The molecule has 0 spiro atoms. The average Bonchev–Trinajstić information content (AvgIpc) is 2.34. The number of likely N-dealkylation sites (N-methyl/N-ethyl adjacent to an activating group) is 1. The summed E-state index contributed by atoms with van der Waals surface area (Å²) in [6.45, 7) is 7.91. The summed E-state index contributed by atoms with van der Waals surface area (Å²) in [6.07, 6.45) is 0.783. The minimum absolute atomic E-state index is 0.0927. The van der Waals surface area contributed by atoms with Crippen LogP contribution in [-0.2, 0) is 11.2 Å². The number of benzene rings is 1. The number of halogens is 1. The monoisotopic (exact) mass is 284 g/mol. The molecule has 1 rings (SSSR count). The lowest BCUT2D eigenvalue weighted by Gasteiger charge is -2.32. The lowest BCUT2D eigenvalue weighted by Crippen LogP contribution is -2.37. The summed E-state index contributed by atoms with van der Waals surface area (Å²) < 4.78 is 5.26. The van der Waals surface area contributed by atoms with Gasteiger partial charge in [-0.25, -0.2) is 0 Å². The molecule has 1 aromatic rings. The van der Waals surface area contributed by atoms with E-state index in [4.69, 9.17) is 22.1 Å². The third-order valence-corrected chi connectivity index (χ3v) is 3.56. The summed E-state index contributed by atoms with van der Waals surface area (Å²) in [5.41, 5.74) is 8.23. The van der Waals surface area contributed by atoms with Crippen LogP contribution in [0.3, 0.4) is 0 Å². The number of hydrogen-bond acceptors (Lipinski definition) is 3. The van der Waals surface area contributed by atoms with Crippen molar-refractivity contribution < 1.29 is 4.74 Å². The highest BCUT2D eigenvalue weighted by Gasteiger charge is 2.18. The average molecular weight is 285 g/mol. The fourth-order valence-corrected chi connectivity index (χ4v) is 2.64. The van der Waals surface area contributed by atoms with Crippen molar-refractivity contribution in [3.05, 3.63) is 28.8 Å². The van der Waals surface area contributed by atoms with Crippen molar-refractivity contribution in [3.8, 4) is 0 Å². The normalized spacial score (nSPS) is 14.2. The quantitative estimate of drug-likeness (QED) is 0.836. The molecule has 0 radical (unpaired) electrons. The molecule has 0 bridgehead atoms. The number of anilines is 1. The van der Waals surface area contributed by atoms with E-state index in [2.05, 4.69) is 24.8 Å². The number of rotatable bonds is 7. The molecule has 0 heterocycles. The van der Waals surface area contributed by atoms with Gasteiger partial charge in [0.2, 0.25) is 0 Å². The van der Waals surface area contributed by atoms with Crippen molar-refractivity contribution in [2.24, 2.45) is 5.73 Å². The van der Waals surface area contributed by atoms with E-state index in [9.17, 15) is 0 Å². The first-order valence-electron chi connectivity index (χ1n) is 6.79. The predicted molar refractivity (Wildman–Crippen MR) is 83.2 cm³/mol. The van der Waals surface area contributed by atoms with Crippen molar-refractivity contribution >= 4 is 17.3 Å². The van der Waals surface area contributed by atoms with Crippen molar-refractivity contribution in [1.29, 1.82) is 0 Å². The second kappa shape index (κ2) is 7.73. The van der Waals surface area contributed by atoms with Gasteiger partial charge in [0.1, 0.15) is 0 Å². The Morgan fingerprint density at radius 2 is 2.05 bits per heavy atom. The highest BCUT2D eigenvalue weighted by molar-refractivity contribution is 6.31. The first kappa shape index (κ1) is 16.3. The molecular formula is C15H25ClN2O. The van der Waals surface area contributed by atoms with Crippen molar-refractivity contribution in [2.75, 3.05) is 25.2 Å². The van der Waals surface area contributed by atoms with E-state index in [1.165, 1.54) is 0 Å². The van der Waals surface area contributed by atoms with Crippen molar-refractivity contribution in [1.82, 2.24) is 0 Å². The van der Waals surface area contributed by atoms with E-state index in [0.717, 1.165) is 29.2 Å². The molecule has 0 saturated carbocycles. The first-order chi connectivity index (χ1) is 9.01. The summed E-state index contributed by atoms with van der Waals surface area (Å²) in [4.78, 5) is 2.31. The summed E-state index contributed by atoms with van der Waals surface area (Å²) in [5.74, 6) is 0. The van der Waals surface area contributed by atoms with Gasteiger partial charge in [-0.05, 0) is 44.9 Å². The van der Waals surface area contributed by atoms with Gasteiger partial charge in [-0.15, -0.1) is 0 Å². The van der Waals surface area contributed by atoms with E-state index in [1.807, 2.05) is 19.1 Å². The largest absolute Gasteiger partial charge is 0.383 e. The zero-order chi connectivity index (χ0) is 14.4. The zero-order valence-electron chi connectivity index (χ0n) is 12.3. The molecule has 0 aromatic heterocycles. The third-order valence-electron chi connectivity index (χ3n) is 3.21. The van der Waals surface area contributed by atoms with E-state index in [-0.39, 0.29) is 6.04 Å². The minimum Gasteiger partial charge on any atom is -0.383 e. The van der Waals surface area contributed by atoms with E-state index >= 15 is 0 Å². The molecule has 0 aliphatic rings. The summed E-state index contributed by atoms with van der Waals surface area (Å²) in [7, 11) is 1.73. The summed E-state index contributed by atoms with van der Waals surface area (Å²) >= 11 is 6.34. The maximum absolute atomic E-state index is 6.34. The first-order valence-corrected chi connectivity index (χ1v) is 7.17. The van der Waals surface area contributed by atoms with Gasteiger partial charge >= 0.3 is 0 Å². The fraction of sp³-hybridized carbons (Fsp3) is 0.600. The standard InChI is InChI=1S/C15H25ClN2O/c1-5-18(12(3)10-19-4)15-8-6-7-14(16)13(15)9-11(2)17/h6-8,11-12H,5,9-10,17H2,1-4H3. The molecular weight excluding hydrogens is 260 g/mol. The van der Waals surface area contributed by atoms with Crippen molar-refractivity contribution in [2.45, 2.75) is 39.3 Å². The SMILES string of the molecule is CCN(c1cccc(Cl)c1CC(C)N)C(C)COC. The van der Waals surface area contributed by atoms with Gasteiger partial charge in [-0.2, -0.15) is 0 Å². The number of nitrogens with zero attached hydrogens (tertiary/aromatic N) is 1. The Morgan fingerprint density at radius 1 is 1.37 bits per heavy atom. The number of hydrogen-bond donors (Lipinski definition) is 1. The van der Waals surface area contributed by atoms with Crippen LogP contribution in [0.25, 0.3) is 0 Å². The molecule has 1 aromatic carbocycles. The Morgan fingerprint density at radius 3 is 2.58 bits per heavy atom. The topological polar surface area (TPSA) is 38.5 Å². The lowest BCUT2D eigenvalue weighted by atomic mass is 10.0. The molecule has 2 unspecified atom stereocenters. The fourth-order valence-electron chi connectivity index (χ4n) is 2.39. The molecule has 2 N–H and O–H groups in total. The molecule has 4 heteroatoms. The predicted octanol–water partition coefficient (Wildman–Crippen LogP) is 3.09. The maximum atomic E-state index is 6.34. The van der Waals surface area contributed by atoms with Crippen LogP contribution in [0.15, 0.2) is 18.2 Å². The zero-order valence-corrected chi connectivity index (χ0v) is 13.1. The Balaban J connectivity index is 3.11. The molecule has 19 heavy (non-hydrogen) atoms. The molecule has 2 atom stereocenters. The van der Waals surface area contributed by atoms with Crippen LogP contribution < -0.4 is 10.6 Å². The Kier molecular flexibility index (Phi) is 6.63. The van der Waals surface area contributed by atoms with Crippen LogP contribution in [0, 0.1) is 0 Å². The molecule has 0 aliphatic carbocycles. The molecule has 0 aliphatic heterocycles. The van der Waals surface area contributed by atoms with Gasteiger partial charge in [0.05, 0.1) is 6.61 Å². The second-order valence-electron chi connectivity index (χ2n) is 5.01. The van der Waals surface area contributed by atoms with E-state index < -0.39 is 0 Å². The van der Waals surface area contributed by atoms with Gasteiger partial charge in [-0.1, -0.05) is 17.7 Å². The van der Waals surface area contributed by atoms with Gasteiger partial charge in [0, 0.05) is 36.4 Å². The van der Waals surface area contributed by atoms with E-state index in [1.54, 1.807) is 7.11 Å². The summed E-state index contributed by atoms with van der Waals surface area (Å²) in [6, 6.07) is 6.43. The molecule has 0 saturated heterocycles. The molecule has 3 nitrogen and oxygen atoms in total. The molecule has 0 amide bonds. The highest BCUT2D eigenvalue weighted by atomic mass is 35.5. The maximum Gasteiger partial charge on any atom is 0.0663 e. The Labute approximate surface area is 121 Å². The van der Waals surface area contributed by atoms with E-state index in [0.29, 0.717) is 12.6 Å². The lowest BCUT2D eigenvalue weighted by molar-refractivity contribution is 0.182. The Bertz CT molecular complexity index is 396. The van der Waals surface area contributed by atoms with Gasteiger partial charge in [-0.3, -0.25) is 0 Å². The van der Waals surface area contributed by atoms with Crippen LogP contribution in [0.1, 0.15) is 26.3 Å². The number of ether oxygens (including phenoxy) is 1. The van der Waals surface area contributed by atoms with Crippen LogP contribution in [0.5, 0.6) is 0 Å². The van der Waals surface area contributed by atoms with Crippen LogP contribution in [0.4, 0.5) is 5.69 Å². The second-order valence-corrected chi connectivity index (χ2v) is 5.42. The van der Waals surface area contributed by atoms with Gasteiger partial charge < -0.3 is 15.4 Å². The number of methoxy groups -OCH3 is 1. The van der Waals surface area contributed by atoms with Gasteiger partial charge in [0.15, 0.2) is 0 Å². The van der Waals surface area contributed by atoms with Crippen LogP contribution in [0.2, 0.25) is 5.02 Å². The minimum atomic E-state index is 0.0927. The highest BCUT2D eigenvalue weighted by Crippen LogP contribution is 2.29.